The van der Waals surface area contributed by atoms with Crippen LogP contribution in [0, 0.1) is 0 Å². The van der Waals surface area contributed by atoms with Crippen LogP contribution in [-0.2, 0) is 17.6 Å². The number of rotatable bonds is 5. The highest BCUT2D eigenvalue weighted by Gasteiger charge is 2.23. The molecule has 2 heterocycles. The summed E-state index contributed by atoms with van der Waals surface area (Å²) in [6.07, 6.45) is 2.87. The molecule has 0 saturated heterocycles. The number of benzene rings is 2. The molecule has 2 aromatic carbocycles. The number of urea groups is 1. The Morgan fingerprint density at radius 1 is 1.03 bits per heavy atom. The first-order valence-electron chi connectivity index (χ1n) is 10.3. The predicted molar refractivity (Wildman–Crippen MR) is 126 cm³/mol. The van der Waals surface area contributed by atoms with Crippen molar-refractivity contribution in [3.8, 4) is 0 Å². The molecule has 158 valence electrons. The van der Waals surface area contributed by atoms with E-state index >= 15 is 0 Å². The van der Waals surface area contributed by atoms with Gasteiger partial charge in [0.1, 0.15) is 5.03 Å². The Kier molecular flexibility index (Phi) is 6.52. The van der Waals surface area contributed by atoms with Crippen molar-refractivity contribution in [1.29, 1.82) is 0 Å². The lowest BCUT2D eigenvalue weighted by atomic mass is 10.1. The molecule has 7 heteroatoms. The lowest BCUT2D eigenvalue weighted by Crippen LogP contribution is -2.38. The Morgan fingerprint density at radius 3 is 2.65 bits per heavy atom. The molecule has 6 nitrogen and oxygen atoms in total. The number of hydrogen-bond acceptors (Lipinski definition) is 4. The highest BCUT2D eigenvalue weighted by Crippen LogP contribution is 2.32. The van der Waals surface area contributed by atoms with Crippen LogP contribution < -0.4 is 15.5 Å². The molecule has 0 radical (unpaired) electrons. The number of hydrogen-bond donors (Lipinski definition) is 2. The normalized spacial score (nSPS) is 12.7. The van der Waals surface area contributed by atoms with E-state index in [0.29, 0.717) is 12.2 Å². The van der Waals surface area contributed by atoms with E-state index in [9.17, 15) is 9.59 Å². The molecule has 4 rings (SSSR count). The fraction of sp³-hybridized carbons (Fsp3) is 0.208. The van der Waals surface area contributed by atoms with Crippen LogP contribution in [0.3, 0.4) is 0 Å². The zero-order chi connectivity index (χ0) is 21.6. The van der Waals surface area contributed by atoms with Gasteiger partial charge in [-0.3, -0.25) is 9.69 Å². The topological polar surface area (TPSA) is 74.3 Å². The van der Waals surface area contributed by atoms with Gasteiger partial charge in [0.05, 0.1) is 12.1 Å². The van der Waals surface area contributed by atoms with Crippen molar-refractivity contribution in [3.63, 3.8) is 0 Å². The number of anilines is 3. The first-order valence-corrected chi connectivity index (χ1v) is 11.3. The van der Waals surface area contributed by atoms with Crippen LogP contribution in [-0.4, -0.2) is 29.2 Å². The number of carbonyl (C=O) groups excluding carboxylic acids is 2. The molecule has 3 amide bonds. The zero-order valence-electron chi connectivity index (χ0n) is 17.3. The molecular weight excluding hydrogens is 408 g/mol. The van der Waals surface area contributed by atoms with Crippen molar-refractivity contribution in [2.45, 2.75) is 24.8 Å². The molecule has 1 aliphatic rings. The molecule has 0 bridgehead atoms. The summed E-state index contributed by atoms with van der Waals surface area (Å²) in [4.78, 5) is 31.3. The number of nitrogens with one attached hydrogen (secondary N) is 2. The first-order chi connectivity index (χ1) is 15.1. The first kappa shape index (κ1) is 20.9. The molecule has 0 aliphatic carbocycles. The zero-order valence-corrected chi connectivity index (χ0v) is 18.1. The summed E-state index contributed by atoms with van der Waals surface area (Å²) >= 11 is 1.66. The van der Waals surface area contributed by atoms with Gasteiger partial charge in [0.15, 0.2) is 0 Å². The maximum Gasteiger partial charge on any atom is 0.326 e. The van der Waals surface area contributed by atoms with E-state index < -0.39 is 0 Å². The molecular formula is C24H24N4O2S. The van der Waals surface area contributed by atoms with Crippen LogP contribution in [0.4, 0.5) is 21.9 Å². The fourth-order valence-corrected chi connectivity index (χ4v) is 4.42. The fourth-order valence-electron chi connectivity index (χ4n) is 3.49. The standard InChI is InChI=1S/C24H24N4O2S/c1-2-18-6-3-4-7-20(18)27-22(29)16-17-9-11-19(12-10-17)26-24(30)28-14-15-31-23-21(28)8-5-13-25-23/h3-13H,2,14-16H2,1H3,(H,26,30)(H,27,29). The van der Waals surface area contributed by atoms with Crippen LogP contribution in [0.5, 0.6) is 0 Å². The van der Waals surface area contributed by atoms with E-state index in [1.807, 2.05) is 60.7 Å². The minimum absolute atomic E-state index is 0.0624. The number of fused-ring (bicyclic) bond motifs is 1. The van der Waals surface area contributed by atoms with Crippen molar-refractivity contribution in [3.05, 3.63) is 78.0 Å². The highest BCUT2D eigenvalue weighted by atomic mass is 32.2. The number of thioether (sulfide) groups is 1. The minimum atomic E-state index is -0.184. The van der Waals surface area contributed by atoms with Gasteiger partial charge in [-0.25, -0.2) is 9.78 Å². The SMILES string of the molecule is CCc1ccccc1NC(=O)Cc1ccc(NC(=O)N2CCSc3ncccc32)cc1. The average Bonchev–Trinajstić information content (AvgIpc) is 2.80. The van der Waals surface area contributed by atoms with Gasteiger partial charge in [-0.1, -0.05) is 37.3 Å². The molecule has 1 aromatic heterocycles. The summed E-state index contributed by atoms with van der Waals surface area (Å²) in [6.45, 7) is 2.70. The highest BCUT2D eigenvalue weighted by molar-refractivity contribution is 7.99. The van der Waals surface area contributed by atoms with Crippen molar-refractivity contribution < 1.29 is 9.59 Å². The van der Waals surface area contributed by atoms with Gasteiger partial charge in [-0.05, 0) is 47.9 Å². The monoisotopic (exact) mass is 432 g/mol. The summed E-state index contributed by atoms with van der Waals surface area (Å²) in [7, 11) is 0. The van der Waals surface area contributed by atoms with Crippen molar-refractivity contribution >= 4 is 40.8 Å². The molecule has 31 heavy (non-hydrogen) atoms. The average molecular weight is 433 g/mol. The Bertz CT molecular complexity index is 1080. The minimum Gasteiger partial charge on any atom is -0.326 e. The van der Waals surface area contributed by atoms with Crippen LogP contribution in [0.1, 0.15) is 18.1 Å². The molecule has 1 aliphatic heterocycles. The van der Waals surface area contributed by atoms with E-state index in [2.05, 4.69) is 22.5 Å². The molecule has 2 N–H and O–H groups in total. The summed E-state index contributed by atoms with van der Waals surface area (Å²) in [6, 6.07) is 18.8. The summed E-state index contributed by atoms with van der Waals surface area (Å²) in [5.41, 5.74) is 4.37. The lowest BCUT2D eigenvalue weighted by molar-refractivity contribution is -0.115. The van der Waals surface area contributed by atoms with Crippen molar-refractivity contribution in [1.82, 2.24) is 4.98 Å². The largest absolute Gasteiger partial charge is 0.326 e. The maximum absolute atomic E-state index is 12.8. The van der Waals surface area contributed by atoms with Crippen LogP contribution in [0.25, 0.3) is 0 Å². The van der Waals surface area contributed by atoms with Gasteiger partial charge < -0.3 is 10.6 Å². The van der Waals surface area contributed by atoms with Crippen molar-refractivity contribution in [2.75, 3.05) is 27.8 Å². The number of para-hydroxylation sites is 1. The number of pyridine rings is 1. The molecule has 0 fully saturated rings. The Morgan fingerprint density at radius 2 is 1.84 bits per heavy atom. The Labute approximate surface area is 186 Å². The third-order valence-electron chi connectivity index (χ3n) is 5.08. The number of carbonyl (C=O) groups is 2. The van der Waals surface area contributed by atoms with Gasteiger partial charge in [-0.15, -0.1) is 11.8 Å². The second kappa shape index (κ2) is 9.66. The van der Waals surface area contributed by atoms with E-state index in [1.165, 1.54) is 0 Å². The predicted octanol–water partition coefficient (Wildman–Crippen LogP) is 4.97. The second-order valence-corrected chi connectivity index (χ2v) is 8.27. The second-order valence-electron chi connectivity index (χ2n) is 7.19. The van der Waals surface area contributed by atoms with Crippen LogP contribution in [0.15, 0.2) is 71.9 Å². The van der Waals surface area contributed by atoms with E-state index in [1.54, 1.807) is 22.9 Å². The maximum atomic E-state index is 12.8. The summed E-state index contributed by atoms with van der Waals surface area (Å²) in [5, 5.41) is 6.79. The Hall–Kier alpha value is -3.32. The van der Waals surface area contributed by atoms with E-state index in [0.717, 1.165) is 39.7 Å². The van der Waals surface area contributed by atoms with Crippen LogP contribution >= 0.6 is 11.8 Å². The molecule has 0 unspecified atom stereocenters. The number of nitrogens with zero attached hydrogens (tertiary/aromatic N) is 2. The molecule has 0 spiro atoms. The number of aryl methyl sites for hydroxylation is 1. The number of amides is 3. The van der Waals surface area contributed by atoms with Crippen LogP contribution in [0.2, 0.25) is 0 Å². The lowest BCUT2D eigenvalue weighted by Gasteiger charge is -2.28. The van der Waals surface area contributed by atoms with E-state index in [-0.39, 0.29) is 18.4 Å². The van der Waals surface area contributed by atoms with Gasteiger partial charge in [0.2, 0.25) is 5.91 Å². The number of aromatic nitrogens is 1. The smallest absolute Gasteiger partial charge is 0.326 e. The van der Waals surface area contributed by atoms with Gasteiger partial charge >= 0.3 is 6.03 Å². The third kappa shape index (κ3) is 5.06. The summed E-state index contributed by atoms with van der Waals surface area (Å²) < 4.78 is 0. The van der Waals surface area contributed by atoms with Gasteiger partial charge in [-0.2, -0.15) is 0 Å². The Balaban J connectivity index is 1.36. The summed E-state index contributed by atoms with van der Waals surface area (Å²) in [5.74, 6) is 0.750. The van der Waals surface area contributed by atoms with E-state index in [4.69, 9.17) is 0 Å². The molecule has 3 aromatic rings. The van der Waals surface area contributed by atoms with Crippen molar-refractivity contribution in [2.24, 2.45) is 0 Å². The van der Waals surface area contributed by atoms with Gasteiger partial charge in [0.25, 0.3) is 0 Å². The molecule has 0 saturated carbocycles. The van der Waals surface area contributed by atoms with Gasteiger partial charge in [0, 0.05) is 29.9 Å². The molecule has 0 atom stereocenters. The quantitative estimate of drug-likeness (QED) is 0.597. The third-order valence-corrected chi connectivity index (χ3v) is 6.06.